The van der Waals surface area contributed by atoms with Gasteiger partial charge in [0.25, 0.3) is 0 Å². The molecule has 1 unspecified atom stereocenters. The van der Waals surface area contributed by atoms with Gasteiger partial charge in [0.05, 0.1) is 0 Å². The summed E-state index contributed by atoms with van der Waals surface area (Å²) in [6, 6.07) is 14.8. The van der Waals surface area contributed by atoms with Crippen molar-refractivity contribution in [1.29, 1.82) is 0 Å². The summed E-state index contributed by atoms with van der Waals surface area (Å²) in [6.45, 7) is 7.76. The Hall–Kier alpha value is -1.16. The SMILES string of the molecule is CCCO[Si](C)(OCC)c1cccc2ccccc12. The summed E-state index contributed by atoms with van der Waals surface area (Å²) in [7, 11) is -2.31. The predicted octanol–water partition coefficient (Wildman–Crippen LogP) is 3.58. The highest BCUT2D eigenvalue weighted by Crippen LogP contribution is 2.17. The van der Waals surface area contributed by atoms with Gasteiger partial charge in [0, 0.05) is 18.4 Å². The quantitative estimate of drug-likeness (QED) is 0.750. The van der Waals surface area contributed by atoms with Crippen LogP contribution in [-0.2, 0) is 8.85 Å². The monoisotopic (exact) mass is 274 g/mol. The Balaban J connectivity index is 2.49. The van der Waals surface area contributed by atoms with E-state index in [2.05, 4.69) is 55.9 Å². The maximum absolute atomic E-state index is 6.13. The third kappa shape index (κ3) is 3.05. The first kappa shape index (κ1) is 14.3. The second kappa shape index (κ2) is 6.33. The Morgan fingerprint density at radius 1 is 0.947 bits per heavy atom. The van der Waals surface area contributed by atoms with Gasteiger partial charge in [-0.3, -0.25) is 0 Å². The van der Waals surface area contributed by atoms with Crippen LogP contribution in [0.25, 0.3) is 10.8 Å². The van der Waals surface area contributed by atoms with Crippen LogP contribution in [-0.4, -0.2) is 21.8 Å². The van der Waals surface area contributed by atoms with Gasteiger partial charge >= 0.3 is 8.56 Å². The summed E-state index contributed by atoms with van der Waals surface area (Å²) < 4.78 is 12.2. The fourth-order valence-corrected chi connectivity index (χ4v) is 5.05. The summed E-state index contributed by atoms with van der Waals surface area (Å²) in [5.41, 5.74) is 0. The number of rotatable bonds is 6. The molecule has 0 saturated carbocycles. The molecule has 0 aliphatic heterocycles. The number of benzene rings is 2. The maximum Gasteiger partial charge on any atom is 0.369 e. The molecule has 0 aromatic heterocycles. The molecule has 102 valence electrons. The van der Waals surface area contributed by atoms with Gasteiger partial charge < -0.3 is 8.85 Å². The lowest BCUT2D eigenvalue weighted by atomic mass is 10.1. The average molecular weight is 274 g/mol. The van der Waals surface area contributed by atoms with E-state index < -0.39 is 8.56 Å². The van der Waals surface area contributed by atoms with E-state index in [0.717, 1.165) is 13.0 Å². The van der Waals surface area contributed by atoms with Crippen LogP contribution in [0.4, 0.5) is 0 Å². The van der Waals surface area contributed by atoms with Gasteiger partial charge in [0.2, 0.25) is 0 Å². The lowest BCUT2D eigenvalue weighted by molar-refractivity contribution is 0.194. The second-order valence-corrected chi connectivity index (χ2v) is 7.76. The molecule has 0 fully saturated rings. The van der Waals surface area contributed by atoms with E-state index in [1.807, 2.05) is 6.92 Å². The molecule has 0 aliphatic rings. The summed E-state index contributed by atoms with van der Waals surface area (Å²) >= 11 is 0. The molecule has 0 heterocycles. The molecule has 3 heteroatoms. The normalized spacial score (nSPS) is 14.5. The fourth-order valence-electron chi connectivity index (χ4n) is 2.39. The van der Waals surface area contributed by atoms with Crippen molar-refractivity contribution in [2.45, 2.75) is 26.8 Å². The molecule has 0 bridgehead atoms. The number of fused-ring (bicyclic) bond motifs is 1. The summed E-state index contributed by atoms with van der Waals surface area (Å²) in [6.07, 6.45) is 1.01. The molecular weight excluding hydrogens is 252 g/mol. The summed E-state index contributed by atoms with van der Waals surface area (Å²) in [5.74, 6) is 0. The van der Waals surface area contributed by atoms with Gasteiger partial charge in [0.15, 0.2) is 0 Å². The third-order valence-corrected chi connectivity index (χ3v) is 6.29. The first-order valence-corrected chi connectivity index (χ1v) is 9.29. The lowest BCUT2D eigenvalue weighted by Crippen LogP contribution is -2.51. The van der Waals surface area contributed by atoms with E-state index in [1.165, 1.54) is 16.0 Å². The molecule has 2 rings (SSSR count). The van der Waals surface area contributed by atoms with Crippen LogP contribution < -0.4 is 5.19 Å². The Bertz CT molecular complexity index is 536. The molecule has 0 spiro atoms. The molecule has 2 aromatic rings. The van der Waals surface area contributed by atoms with E-state index in [0.29, 0.717) is 6.61 Å². The molecule has 0 radical (unpaired) electrons. The standard InChI is InChI=1S/C16H22O2Si/c1-4-13-18-19(3,17-5-2)16-12-8-10-14-9-6-7-11-15(14)16/h6-12H,4-5,13H2,1-3H3. The Labute approximate surface area is 116 Å². The molecule has 2 nitrogen and oxygen atoms in total. The van der Waals surface area contributed by atoms with Crippen LogP contribution in [0.15, 0.2) is 42.5 Å². The largest absolute Gasteiger partial charge is 0.391 e. The van der Waals surface area contributed by atoms with E-state index >= 15 is 0 Å². The molecule has 0 saturated heterocycles. The smallest absolute Gasteiger partial charge is 0.369 e. The lowest BCUT2D eigenvalue weighted by Gasteiger charge is -2.28. The minimum Gasteiger partial charge on any atom is -0.391 e. The summed E-state index contributed by atoms with van der Waals surface area (Å²) in [4.78, 5) is 0. The van der Waals surface area contributed by atoms with Gasteiger partial charge in [-0.25, -0.2) is 0 Å². The topological polar surface area (TPSA) is 18.5 Å². The van der Waals surface area contributed by atoms with E-state index in [-0.39, 0.29) is 0 Å². The Kier molecular flexibility index (Phi) is 4.74. The molecular formula is C16H22O2Si. The van der Waals surface area contributed by atoms with E-state index in [9.17, 15) is 0 Å². The minimum absolute atomic E-state index is 0.690. The molecule has 0 amide bonds. The Morgan fingerprint density at radius 2 is 1.68 bits per heavy atom. The fraction of sp³-hybridized carbons (Fsp3) is 0.375. The van der Waals surface area contributed by atoms with Crippen molar-refractivity contribution in [3.8, 4) is 0 Å². The highest BCUT2D eigenvalue weighted by atomic mass is 28.4. The van der Waals surface area contributed by atoms with Crippen LogP contribution in [0.3, 0.4) is 0 Å². The van der Waals surface area contributed by atoms with Gasteiger partial charge in [0.1, 0.15) is 0 Å². The zero-order valence-electron chi connectivity index (χ0n) is 12.0. The predicted molar refractivity (Wildman–Crippen MR) is 83.1 cm³/mol. The van der Waals surface area contributed by atoms with Crippen LogP contribution in [0.5, 0.6) is 0 Å². The van der Waals surface area contributed by atoms with E-state index in [4.69, 9.17) is 8.85 Å². The number of hydrogen-bond donors (Lipinski definition) is 0. The molecule has 2 aromatic carbocycles. The van der Waals surface area contributed by atoms with Crippen molar-refractivity contribution >= 4 is 24.5 Å². The van der Waals surface area contributed by atoms with E-state index in [1.54, 1.807) is 0 Å². The first-order valence-electron chi connectivity index (χ1n) is 6.97. The maximum atomic E-state index is 6.13. The van der Waals surface area contributed by atoms with Crippen LogP contribution in [0.1, 0.15) is 20.3 Å². The van der Waals surface area contributed by atoms with Gasteiger partial charge in [-0.2, -0.15) is 0 Å². The van der Waals surface area contributed by atoms with Crippen LogP contribution >= 0.6 is 0 Å². The van der Waals surface area contributed by atoms with Gasteiger partial charge in [-0.1, -0.05) is 49.4 Å². The first-order chi connectivity index (χ1) is 9.21. The second-order valence-electron chi connectivity index (χ2n) is 4.75. The van der Waals surface area contributed by atoms with Gasteiger partial charge in [-0.15, -0.1) is 0 Å². The van der Waals surface area contributed by atoms with Crippen LogP contribution in [0.2, 0.25) is 6.55 Å². The zero-order chi connectivity index (χ0) is 13.7. The van der Waals surface area contributed by atoms with Crippen LogP contribution in [0, 0.1) is 0 Å². The molecule has 0 aliphatic carbocycles. The molecule has 1 atom stereocenters. The van der Waals surface area contributed by atoms with Crippen molar-refractivity contribution in [2.75, 3.05) is 13.2 Å². The van der Waals surface area contributed by atoms with Crippen molar-refractivity contribution in [2.24, 2.45) is 0 Å². The highest BCUT2D eigenvalue weighted by Gasteiger charge is 2.35. The Morgan fingerprint density at radius 3 is 2.42 bits per heavy atom. The van der Waals surface area contributed by atoms with Crippen molar-refractivity contribution in [3.05, 3.63) is 42.5 Å². The zero-order valence-corrected chi connectivity index (χ0v) is 13.0. The average Bonchev–Trinajstić information content (AvgIpc) is 2.45. The van der Waals surface area contributed by atoms with Crippen molar-refractivity contribution in [3.63, 3.8) is 0 Å². The summed E-state index contributed by atoms with van der Waals surface area (Å²) in [5, 5.41) is 3.74. The molecule has 0 N–H and O–H groups in total. The number of hydrogen-bond acceptors (Lipinski definition) is 2. The molecule has 19 heavy (non-hydrogen) atoms. The van der Waals surface area contributed by atoms with Gasteiger partial charge in [-0.05, 0) is 30.7 Å². The van der Waals surface area contributed by atoms with Crippen molar-refractivity contribution < 1.29 is 8.85 Å². The highest BCUT2D eigenvalue weighted by molar-refractivity contribution is 6.82. The third-order valence-electron chi connectivity index (χ3n) is 3.28. The minimum atomic E-state index is -2.31. The van der Waals surface area contributed by atoms with Crippen molar-refractivity contribution in [1.82, 2.24) is 0 Å².